The van der Waals surface area contributed by atoms with Gasteiger partial charge in [-0.15, -0.1) is 0 Å². The van der Waals surface area contributed by atoms with Crippen molar-refractivity contribution in [2.75, 3.05) is 6.54 Å². The topological polar surface area (TPSA) is 55.1 Å². The predicted molar refractivity (Wildman–Crippen MR) is 93.5 cm³/mol. The van der Waals surface area contributed by atoms with E-state index in [1.807, 2.05) is 42.5 Å². The number of rotatable bonds is 6. The fourth-order valence-corrected chi connectivity index (χ4v) is 3.03. The zero-order chi connectivity index (χ0) is 16.0. The largest absolute Gasteiger partial charge is 0.346 e. The van der Waals surface area contributed by atoms with E-state index >= 15 is 0 Å². The number of nitrogens with two attached hydrogens (primary N) is 1. The predicted octanol–water partition coefficient (Wildman–Crippen LogP) is 3.37. The smallest absolute Gasteiger partial charge is 0.221 e. The maximum Gasteiger partial charge on any atom is 0.221 e. The zero-order valence-electron chi connectivity index (χ0n) is 12.7. The van der Waals surface area contributed by atoms with Crippen LogP contribution in [0.15, 0.2) is 59.1 Å². The molecule has 116 valence electrons. The van der Waals surface area contributed by atoms with Crippen LogP contribution in [0.4, 0.5) is 0 Å². The fourth-order valence-electron chi connectivity index (χ4n) is 2.58. The second-order valence-corrected chi connectivity index (χ2v) is 6.51. The van der Waals surface area contributed by atoms with Crippen molar-refractivity contribution < 1.29 is 4.79 Å². The van der Waals surface area contributed by atoms with E-state index in [1.165, 1.54) is 0 Å². The first kappa shape index (κ1) is 16.7. The molecule has 3 nitrogen and oxygen atoms in total. The summed E-state index contributed by atoms with van der Waals surface area (Å²) in [7, 11) is 0. The average Bonchev–Trinajstić information content (AvgIpc) is 2.48. The Balaban J connectivity index is 2.30. The molecule has 3 N–H and O–H groups in total. The molecule has 0 fully saturated rings. The molecule has 0 saturated heterocycles. The minimum atomic E-state index is -0.464. The van der Waals surface area contributed by atoms with Crippen molar-refractivity contribution in [1.29, 1.82) is 0 Å². The van der Waals surface area contributed by atoms with Crippen LogP contribution in [0.3, 0.4) is 0 Å². The van der Waals surface area contributed by atoms with Crippen molar-refractivity contribution in [3.8, 4) is 0 Å². The average molecular weight is 361 g/mol. The molecule has 2 rings (SSSR count). The van der Waals surface area contributed by atoms with Gasteiger partial charge in [-0.2, -0.15) is 0 Å². The van der Waals surface area contributed by atoms with Crippen LogP contribution in [-0.4, -0.2) is 12.5 Å². The van der Waals surface area contributed by atoms with E-state index in [9.17, 15) is 4.79 Å². The van der Waals surface area contributed by atoms with Crippen LogP contribution in [0.5, 0.6) is 0 Å². The number of benzene rings is 2. The van der Waals surface area contributed by atoms with Gasteiger partial charge in [0.1, 0.15) is 0 Å². The summed E-state index contributed by atoms with van der Waals surface area (Å²) in [5, 5.41) is 3.14. The molecule has 2 aromatic carbocycles. The Kier molecular flexibility index (Phi) is 5.75. The van der Waals surface area contributed by atoms with Crippen LogP contribution < -0.4 is 11.1 Å². The highest BCUT2D eigenvalue weighted by Gasteiger charge is 2.28. The summed E-state index contributed by atoms with van der Waals surface area (Å²) in [6, 6.07) is 18.2. The standard InChI is InChI=1S/C18H21BrN2O/c1-18(21-17(22)10-11-20,15-7-3-2-4-8-15)13-14-6-5-9-16(19)12-14/h2-9,12H,10-11,13,20H2,1H3,(H,21,22). The third-order valence-electron chi connectivity index (χ3n) is 3.64. The molecule has 1 atom stereocenters. The van der Waals surface area contributed by atoms with Crippen molar-refractivity contribution in [1.82, 2.24) is 5.32 Å². The van der Waals surface area contributed by atoms with E-state index in [4.69, 9.17) is 5.73 Å². The van der Waals surface area contributed by atoms with Crippen molar-refractivity contribution >= 4 is 21.8 Å². The third kappa shape index (κ3) is 4.42. The molecule has 22 heavy (non-hydrogen) atoms. The summed E-state index contributed by atoms with van der Waals surface area (Å²) in [5.74, 6) is -0.0242. The summed E-state index contributed by atoms with van der Waals surface area (Å²) in [6.45, 7) is 2.41. The first-order valence-electron chi connectivity index (χ1n) is 7.34. The number of amides is 1. The van der Waals surface area contributed by atoms with Gasteiger partial charge in [-0.25, -0.2) is 0 Å². The molecule has 2 aromatic rings. The number of nitrogens with one attached hydrogen (secondary N) is 1. The van der Waals surface area contributed by atoms with Crippen molar-refractivity contribution in [3.05, 3.63) is 70.2 Å². The van der Waals surface area contributed by atoms with Gasteiger partial charge < -0.3 is 11.1 Å². The van der Waals surface area contributed by atoms with Crippen LogP contribution >= 0.6 is 15.9 Å². The Hall–Kier alpha value is -1.65. The quantitative estimate of drug-likeness (QED) is 0.829. The molecule has 1 amide bonds. The molecule has 0 aliphatic heterocycles. The van der Waals surface area contributed by atoms with E-state index in [2.05, 4.69) is 40.3 Å². The number of hydrogen-bond acceptors (Lipinski definition) is 2. The second-order valence-electron chi connectivity index (χ2n) is 5.59. The van der Waals surface area contributed by atoms with Crippen molar-refractivity contribution in [2.24, 2.45) is 5.73 Å². The normalized spacial score (nSPS) is 13.4. The molecule has 0 bridgehead atoms. The van der Waals surface area contributed by atoms with Gasteiger partial charge >= 0.3 is 0 Å². The minimum Gasteiger partial charge on any atom is -0.346 e. The van der Waals surface area contributed by atoms with Gasteiger partial charge in [0.25, 0.3) is 0 Å². The van der Waals surface area contributed by atoms with Crippen LogP contribution in [0.25, 0.3) is 0 Å². The van der Waals surface area contributed by atoms with Gasteiger partial charge in [0.05, 0.1) is 5.54 Å². The molecule has 0 saturated carbocycles. The molecular weight excluding hydrogens is 340 g/mol. The van der Waals surface area contributed by atoms with Crippen LogP contribution in [0.1, 0.15) is 24.5 Å². The minimum absolute atomic E-state index is 0.0242. The zero-order valence-corrected chi connectivity index (χ0v) is 14.3. The number of carbonyl (C=O) groups is 1. The maximum absolute atomic E-state index is 12.1. The Morgan fingerprint density at radius 1 is 1.18 bits per heavy atom. The van der Waals surface area contributed by atoms with E-state index in [0.29, 0.717) is 19.4 Å². The summed E-state index contributed by atoms with van der Waals surface area (Å²) in [5.41, 5.74) is 7.27. The van der Waals surface area contributed by atoms with Gasteiger partial charge in [0.2, 0.25) is 5.91 Å². The highest BCUT2D eigenvalue weighted by atomic mass is 79.9. The lowest BCUT2D eigenvalue weighted by Crippen LogP contribution is -2.45. The summed E-state index contributed by atoms with van der Waals surface area (Å²) in [6.07, 6.45) is 1.05. The molecule has 0 radical (unpaired) electrons. The number of carbonyl (C=O) groups excluding carboxylic acids is 1. The van der Waals surface area contributed by atoms with Gasteiger partial charge in [0.15, 0.2) is 0 Å². The maximum atomic E-state index is 12.1. The van der Waals surface area contributed by atoms with E-state index in [1.54, 1.807) is 0 Å². The van der Waals surface area contributed by atoms with Crippen LogP contribution in [0, 0.1) is 0 Å². The van der Waals surface area contributed by atoms with Gasteiger partial charge in [-0.05, 0) is 36.6 Å². The fraction of sp³-hybridized carbons (Fsp3) is 0.278. The van der Waals surface area contributed by atoms with Crippen LogP contribution in [-0.2, 0) is 16.8 Å². The molecule has 4 heteroatoms. The molecule has 0 aromatic heterocycles. The van der Waals surface area contributed by atoms with Gasteiger partial charge in [-0.1, -0.05) is 58.4 Å². The van der Waals surface area contributed by atoms with Gasteiger partial charge in [0, 0.05) is 17.4 Å². The molecule has 0 heterocycles. The van der Waals surface area contributed by atoms with E-state index in [0.717, 1.165) is 15.6 Å². The third-order valence-corrected chi connectivity index (χ3v) is 4.14. The number of halogens is 1. The number of hydrogen-bond donors (Lipinski definition) is 2. The highest BCUT2D eigenvalue weighted by Crippen LogP contribution is 2.26. The Morgan fingerprint density at radius 2 is 1.91 bits per heavy atom. The summed E-state index contributed by atoms with van der Waals surface area (Å²) >= 11 is 3.50. The Bertz CT molecular complexity index is 630. The van der Waals surface area contributed by atoms with Gasteiger partial charge in [-0.3, -0.25) is 4.79 Å². The summed E-state index contributed by atoms with van der Waals surface area (Å²) < 4.78 is 1.04. The molecule has 0 aliphatic carbocycles. The first-order chi connectivity index (χ1) is 10.5. The van der Waals surface area contributed by atoms with Crippen molar-refractivity contribution in [2.45, 2.75) is 25.3 Å². The SMILES string of the molecule is CC(Cc1cccc(Br)c1)(NC(=O)CCN)c1ccccc1. The lowest BCUT2D eigenvalue weighted by Gasteiger charge is -2.32. The lowest BCUT2D eigenvalue weighted by atomic mass is 9.85. The highest BCUT2D eigenvalue weighted by molar-refractivity contribution is 9.10. The Labute approximate surface area is 140 Å². The van der Waals surface area contributed by atoms with E-state index in [-0.39, 0.29) is 5.91 Å². The van der Waals surface area contributed by atoms with Crippen molar-refractivity contribution in [3.63, 3.8) is 0 Å². The first-order valence-corrected chi connectivity index (χ1v) is 8.14. The molecule has 1 unspecified atom stereocenters. The Morgan fingerprint density at radius 3 is 2.55 bits per heavy atom. The molecule has 0 aliphatic rings. The summed E-state index contributed by atoms with van der Waals surface area (Å²) in [4.78, 5) is 12.1. The molecule has 0 spiro atoms. The lowest BCUT2D eigenvalue weighted by molar-refractivity contribution is -0.122. The second kappa shape index (κ2) is 7.56. The monoisotopic (exact) mass is 360 g/mol. The molecular formula is C18H21BrN2O. The van der Waals surface area contributed by atoms with Crippen LogP contribution in [0.2, 0.25) is 0 Å². The van der Waals surface area contributed by atoms with E-state index < -0.39 is 5.54 Å².